The van der Waals surface area contributed by atoms with Gasteiger partial charge in [-0.2, -0.15) is 0 Å². The van der Waals surface area contributed by atoms with Crippen molar-refractivity contribution in [3.8, 4) is 0 Å². The van der Waals surface area contributed by atoms with Crippen LogP contribution in [0.25, 0.3) is 0 Å². The number of β-amino-alcohol motifs (C(OH)–C–C–N with tert-alkyl or cyclic N) is 1. The van der Waals surface area contributed by atoms with Crippen LogP contribution in [0.4, 0.5) is 0 Å². The summed E-state index contributed by atoms with van der Waals surface area (Å²) in [6.45, 7) is 6.18. The van der Waals surface area contributed by atoms with E-state index >= 15 is 0 Å². The molecule has 1 saturated heterocycles. The number of nitrogens with one attached hydrogen (secondary N) is 1. The Labute approximate surface area is 152 Å². The number of benzene rings is 1. The number of amides is 1. The zero-order valence-corrected chi connectivity index (χ0v) is 15.6. The van der Waals surface area contributed by atoms with Gasteiger partial charge in [-0.25, -0.2) is 4.98 Å². The van der Waals surface area contributed by atoms with E-state index < -0.39 is 6.10 Å². The van der Waals surface area contributed by atoms with Crippen molar-refractivity contribution in [3.05, 3.63) is 51.5 Å². The lowest BCUT2D eigenvalue weighted by Gasteiger charge is -2.36. The van der Waals surface area contributed by atoms with Crippen LogP contribution in [-0.4, -0.2) is 46.1 Å². The van der Waals surface area contributed by atoms with Crippen LogP contribution in [0, 0.1) is 13.8 Å². The van der Waals surface area contributed by atoms with E-state index in [0.717, 1.165) is 41.3 Å². The van der Waals surface area contributed by atoms with Gasteiger partial charge in [0.05, 0.1) is 29.3 Å². The normalized spacial score (nSPS) is 21.2. The summed E-state index contributed by atoms with van der Waals surface area (Å²) < 4.78 is 0. The van der Waals surface area contributed by atoms with Crippen molar-refractivity contribution < 1.29 is 9.90 Å². The molecular weight excluding hydrogens is 334 g/mol. The molecule has 0 spiro atoms. The minimum absolute atomic E-state index is 0.0260. The van der Waals surface area contributed by atoms with E-state index in [0.29, 0.717) is 13.0 Å². The highest BCUT2D eigenvalue weighted by atomic mass is 32.1. The van der Waals surface area contributed by atoms with Crippen molar-refractivity contribution in [1.82, 2.24) is 15.2 Å². The first-order valence-corrected chi connectivity index (χ1v) is 9.54. The maximum absolute atomic E-state index is 12.3. The lowest BCUT2D eigenvalue weighted by molar-refractivity contribution is -0.122. The Bertz CT molecular complexity index is 731. The molecule has 0 aliphatic carbocycles. The third-order valence-corrected chi connectivity index (χ3v) is 5.50. The van der Waals surface area contributed by atoms with E-state index in [2.05, 4.69) is 20.6 Å². The molecule has 2 aromatic rings. The minimum Gasteiger partial charge on any atom is -0.390 e. The molecular formula is C19H25N3O2S. The van der Waals surface area contributed by atoms with Crippen LogP contribution in [-0.2, 0) is 17.8 Å². The van der Waals surface area contributed by atoms with Gasteiger partial charge in [0.25, 0.3) is 0 Å². The Balaban J connectivity index is 1.49. The summed E-state index contributed by atoms with van der Waals surface area (Å²) in [7, 11) is 0. The van der Waals surface area contributed by atoms with E-state index in [4.69, 9.17) is 0 Å². The lowest BCUT2D eigenvalue weighted by Crippen LogP contribution is -2.54. The second kappa shape index (κ2) is 8.08. The number of hydrogen-bond donors (Lipinski definition) is 2. The first kappa shape index (κ1) is 18.0. The summed E-state index contributed by atoms with van der Waals surface area (Å²) in [5.41, 5.74) is 3.20. The molecule has 1 aromatic carbocycles. The number of carbonyl (C=O) groups excluding carboxylic acids is 1. The van der Waals surface area contributed by atoms with Gasteiger partial charge in [0.15, 0.2) is 0 Å². The number of thiazole rings is 1. The zero-order chi connectivity index (χ0) is 17.8. The van der Waals surface area contributed by atoms with Crippen LogP contribution < -0.4 is 5.32 Å². The van der Waals surface area contributed by atoms with Crippen LogP contribution >= 0.6 is 11.3 Å². The number of hydrogen-bond acceptors (Lipinski definition) is 5. The van der Waals surface area contributed by atoms with Crippen molar-refractivity contribution >= 4 is 17.2 Å². The van der Waals surface area contributed by atoms with Crippen LogP contribution in [0.1, 0.15) is 28.2 Å². The van der Waals surface area contributed by atoms with Gasteiger partial charge < -0.3 is 10.4 Å². The fourth-order valence-corrected chi connectivity index (χ4v) is 3.86. The fourth-order valence-electron chi connectivity index (χ4n) is 3.26. The summed E-state index contributed by atoms with van der Waals surface area (Å²) in [6, 6.07) is 7.73. The van der Waals surface area contributed by atoms with Crippen molar-refractivity contribution in [2.24, 2.45) is 0 Å². The van der Waals surface area contributed by atoms with Crippen LogP contribution in [0.15, 0.2) is 29.6 Å². The second-order valence-corrected chi connectivity index (χ2v) is 7.79. The molecule has 1 amide bonds. The molecule has 2 atom stereocenters. The SMILES string of the molecule is Cc1nc(CN2CC[C@@H](NC(=O)Cc3ccccc3C)[C@H](O)C2)cs1. The average molecular weight is 359 g/mol. The third kappa shape index (κ3) is 4.87. The number of piperidine rings is 1. The van der Waals surface area contributed by atoms with Crippen molar-refractivity contribution in [2.75, 3.05) is 13.1 Å². The van der Waals surface area contributed by atoms with Gasteiger partial charge >= 0.3 is 0 Å². The number of likely N-dealkylation sites (tertiary alicyclic amines) is 1. The molecule has 1 aromatic heterocycles. The molecule has 1 aliphatic rings. The number of carbonyl (C=O) groups is 1. The summed E-state index contributed by atoms with van der Waals surface area (Å²) in [4.78, 5) is 19.0. The van der Waals surface area contributed by atoms with Crippen molar-refractivity contribution in [3.63, 3.8) is 0 Å². The summed E-state index contributed by atoms with van der Waals surface area (Å²) >= 11 is 1.65. The molecule has 1 aliphatic heterocycles. The molecule has 2 N–H and O–H groups in total. The number of aromatic nitrogens is 1. The maximum atomic E-state index is 12.3. The minimum atomic E-state index is -0.547. The Morgan fingerprint density at radius 3 is 2.88 bits per heavy atom. The zero-order valence-electron chi connectivity index (χ0n) is 14.7. The van der Waals surface area contributed by atoms with Gasteiger partial charge in [-0.3, -0.25) is 9.69 Å². The number of aliphatic hydroxyl groups excluding tert-OH is 1. The number of aryl methyl sites for hydroxylation is 2. The summed E-state index contributed by atoms with van der Waals surface area (Å²) in [6.07, 6.45) is 0.566. The highest BCUT2D eigenvalue weighted by molar-refractivity contribution is 7.09. The van der Waals surface area contributed by atoms with Crippen molar-refractivity contribution in [1.29, 1.82) is 0 Å². The van der Waals surface area contributed by atoms with Crippen LogP contribution in [0.5, 0.6) is 0 Å². The molecule has 0 saturated carbocycles. The van der Waals surface area contributed by atoms with Gasteiger partial charge in [-0.1, -0.05) is 24.3 Å². The molecule has 5 nitrogen and oxygen atoms in total. The largest absolute Gasteiger partial charge is 0.390 e. The fraction of sp³-hybridized carbons (Fsp3) is 0.474. The Kier molecular flexibility index (Phi) is 5.83. The monoisotopic (exact) mass is 359 g/mol. The molecule has 3 rings (SSSR count). The van der Waals surface area contributed by atoms with Gasteiger partial charge in [-0.15, -0.1) is 11.3 Å². The predicted molar refractivity (Wildman–Crippen MR) is 99.6 cm³/mol. The first-order chi connectivity index (χ1) is 12.0. The van der Waals surface area contributed by atoms with E-state index in [1.807, 2.05) is 38.1 Å². The van der Waals surface area contributed by atoms with E-state index in [1.165, 1.54) is 0 Å². The summed E-state index contributed by atoms with van der Waals surface area (Å²) in [5, 5.41) is 16.6. The molecule has 0 bridgehead atoms. The van der Waals surface area contributed by atoms with Gasteiger partial charge in [0.2, 0.25) is 5.91 Å². The predicted octanol–water partition coefficient (Wildman–Crippen LogP) is 2.05. The van der Waals surface area contributed by atoms with E-state index in [1.54, 1.807) is 11.3 Å². The molecule has 2 heterocycles. The van der Waals surface area contributed by atoms with Gasteiger partial charge in [-0.05, 0) is 31.4 Å². The molecule has 25 heavy (non-hydrogen) atoms. The van der Waals surface area contributed by atoms with Gasteiger partial charge in [0.1, 0.15) is 0 Å². The number of aliphatic hydroxyl groups is 1. The average Bonchev–Trinajstić information content (AvgIpc) is 2.97. The van der Waals surface area contributed by atoms with E-state index in [9.17, 15) is 9.90 Å². The first-order valence-electron chi connectivity index (χ1n) is 8.66. The molecule has 6 heteroatoms. The van der Waals surface area contributed by atoms with Crippen LogP contribution in [0.2, 0.25) is 0 Å². The highest BCUT2D eigenvalue weighted by Crippen LogP contribution is 2.16. The van der Waals surface area contributed by atoms with E-state index in [-0.39, 0.29) is 11.9 Å². The Morgan fingerprint density at radius 1 is 1.40 bits per heavy atom. The number of nitrogens with zero attached hydrogens (tertiary/aromatic N) is 2. The Morgan fingerprint density at radius 2 is 2.20 bits per heavy atom. The standard InChI is InChI=1S/C19H25N3O2S/c1-13-5-3-4-6-15(13)9-19(24)21-17-7-8-22(11-18(17)23)10-16-12-25-14(2)20-16/h3-6,12,17-18,23H,7-11H2,1-2H3,(H,21,24)/t17-,18-/m1/s1. The highest BCUT2D eigenvalue weighted by Gasteiger charge is 2.29. The molecule has 134 valence electrons. The van der Waals surface area contributed by atoms with Crippen molar-refractivity contribution in [2.45, 2.75) is 45.4 Å². The quantitative estimate of drug-likeness (QED) is 0.858. The van der Waals surface area contributed by atoms with Gasteiger partial charge in [0, 0.05) is 25.0 Å². The Hall–Kier alpha value is -1.76. The molecule has 0 unspecified atom stereocenters. The number of rotatable bonds is 5. The second-order valence-electron chi connectivity index (χ2n) is 6.73. The summed E-state index contributed by atoms with van der Waals surface area (Å²) in [5.74, 6) is -0.0260. The van der Waals surface area contributed by atoms with Crippen LogP contribution in [0.3, 0.4) is 0 Å². The molecule has 0 radical (unpaired) electrons. The third-order valence-electron chi connectivity index (χ3n) is 4.68. The molecule has 1 fully saturated rings. The maximum Gasteiger partial charge on any atom is 0.224 e. The lowest BCUT2D eigenvalue weighted by atomic mass is 10.0. The topological polar surface area (TPSA) is 65.5 Å². The smallest absolute Gasteiger partial charge is 0.224 e.